The fourth-order valence-corrected chi connectivity index (χ4v) is 12.2. The Kier molecular flexibility index (Phi) is 9.24. The van der Waals surface area contributed by atoms with Crippen molar-refractivity contribution in [3.8, 4) is 16.8 Å². The third-order valence-electron chi connectivity index (χ3n) is 15.5. The molecule has 5 nitrogen and oxygen atoms in total. The number of hydrogen-bond acceptors (Lipinski definition) is 3. The normalized spacial score (nSPS) is 21.8. The predicted octanol–water partition coefficient (Wildman–Crippen LogP) is 14.3. The molecule has 0 bridgehead atoms. The van der Waals surface area contributed by atoms with E-state index in [0.29, 0.717) is 0 Å². The molecule has 0 saturated carbocycles. The molecule has 2 aromatic heterocycles. The number of fused-ring (bicyclic) bond motifs is 9. The topological polar surface area (TPSA) is 46.6 Å². The number of allylic oxidation sites excluding steroid dienone is 9. The van der Waals surface area contributed by atoms with Gasteiger partial charge in [0, 0.05) is 51.1 Å². The maximum absolute atomic E-state index is 5.50. The Morgan fingerprint density at radius 1 is 0.647 bits per heavy atom. The minimum Gasteiger partial charge on any atom is -0.348 e. The second-order valence-electron chi connectivity index (χ2n) is 19.4. The van der Waals surface area contributed by atoms with Crippen LogP contribution in [-0.4, -0.2) is 20.8 Å². The Balaban J connectivity index is 0.898. The highest BCUT2D eigenvalue weighted by Crippen LogP contribution is 2.45. The van der Waals surface area contributed by atoms with Gasteiger partial charge in [0.1, 0.15) is 12.0 Å². The molecule has 6 aliphatic carbocycles. The molecule has 7 aliphatic rings. The Hall–Kier alpha value is -7.76. The van der Waals surface area contributed by atoms with Crippen molar-refractivity contribution in [1.29, 1.82) is 0 Å². The van der Waals surface area contributed by atoms with E-state index in [1.54, 1.807) is 0 Å². The van der Waals surface area contributed by atoms with Gasteiger partial charge in [0.15, 0.2) is 5.84 Å². The summed E-state index contributed by atoms with van der Waals surface area (Å²) < 4.78 is 5.25. The fraction of sp³-hybridized carbons (Fsp3) is 0.175. The van der Waals surface area contributed by atoms with Gasteiger partial charge in [0.25, 0.3) is 0 Å². The SMILES string of the molecule is C1=CC2=CC(C3=NC(c4ccc(-c5ccccc5)cc4)NC(C4C=Cc5ccccc5C4)=N3)=CC(n3c4c(c5cc6cc(-n7c8c(c9c7CCC=C9)CCC=C8)ccc6cc53)C=CCC4)C2C=C1. The van der Waals surface area contributed by atoms with Gasteiger partial charge in [0.05, 0.1) is 11.6 Å². The molecule has 0 radical (unpaired) electrons. The van der Waals surface area contributed by atoms with Gasteiger partial charge in [0.2, 0.25) is 0 Å². The monoisotopic (exact) mass is 877 g/mol. The van der Waals surface area contributed by atoms with E-state index in [1.165, 1.54) is 89.0 Å². The van der Waals surface area contributed by atoms with E-state index in [1.807, 2.05) is 0 Å². The molecular weight excluding hydrogens is 827 g/mol. The fourth-order valence-electron chi connectivity index (χ4n) is 12.2. The van der Waals surface area contributed by atoms with Crippen LogP contribution >= 0.6 is 0 Å². The van der Waals surface area contributed by atoms with E-state index in [4.69, 9.17) is 9.98 Å². The first-order valence-electron chi connectivity index (χ1n) is 24.7. The van der Waals surface area contributed by atoms with Crippen LogP contribution in [0.5, 0.6) is 0 Å². The van der Waals surface area contributed by atoms with Crippen LogP contribution in [0.1, 0.15) is 81.9 Å². The summed E-state index contributed by atoms with van der Waals surface area (Å²) >= 11 is 0. The number of aliphatic imine (C=N–C) groups is 2. The molecule has 0 fully saturated rings. The Morgan fingerprint density at radius 2 is 1.46 bits per heavy atom. The summed E-state index contributed by atoms with van der Waals surface area (Å²) in [6.45, 7) is 0. The standard InChI is InChI=1S/C63H51N5/c1-2-14-40(15-3-1)42-26-29-43(30-27-42)61-64-62(47-31-28-41-16-4-5-17-44(41)34-47)66-63(65-61)49-35-46-18-6-7-19-51(46)59(39-49)68-58-25-13-10-22-54(58)55-37-48-36-50(33-32-45(48)38-60(55)68)67-56-23-11-8-20-52(56)53-21-9-12-24-57(53)67/h1-8,10,12,14-20,22,24,26-33,35-39,47,51,59,61H,9,11,13,21,23,25,34H2,(H,64,65,66). The van der Waals surface area contributed by atoms with E-state index < -0.39 is 0 Å². The van der Waals surface area contributed by atoms with Crippen LogP contribution in [0.2, 0.25) is 0 Å². The molecule has 0 spiro atoms. The first-order chi connectivity index (χ1) is 33.7. The van der Waals surface area contributed by atoms with E-state index in [0.717, 1.165) is 67.8 Å². The van der Waals surface area contributed by atoms with Crippen LogP contribution in [-0.2, 0) is 25.7 Å². The van der Waals surface area contributed by atoms with Crippen LogP contribution in [0.3, 0.4) is 0 Å². The lowest BCUT2D eigenvalue weighted by Crippen LogP contribution is -2.38. The van der Waals surface area contributed by atoms with Crippen LogP contribution < -0.4 is 5.32 Å². The molecule has 14 rings (SSSR count). The van der Waals surface area contributed by atoms with Crippen LogP contribution in [0, 0.1) is 11.8 Å². The van der Waals surface area contributed by atoms with Crippen molar-refractivity contribution < 1.29 is 0 Å². The van der Waals surface area contributed by atoms with Gasteiger partial charge in [-0.15, -0.1) is 0 Å². The summed E-state index contributed by atoms with van der Waals surface area (Å²) in [5.41, 5.74) is 19.6. The van der Waals surface area contributed by atoms with Crippen molar-refractivity contribution in [3.05, 3.63) is 232 Å². The number of amidine groups is 2. The Labute approximate surface area is 397 Å². The molecular formula is C63H51N5. The molecule has 1 aliphatic heterocycles. The van der Waals surface area contributed by atoms with Gasteiger partial charge >= 0.3 is 0 Å². The molecule has 5 aromatic carbocycles. The van der Waals surface area contributed by atoms with E-state index >= 15 is 0 Å². The molecule has 3 heterocycles. The van der Waals surface area contributed by atoms with Gasteiger partial charge in [-0.1, -0.05) is 152 Å². The molecule has 328 valence electrons. The first kappa shape index (κ1) is 39.4. The number of hydrogen-bond donors (Lipinski definition) is 1. The van der Waals surface area contributed by atoms with Crippen molar-refractivity contribution in [2.24, 2.45) is 21.8 Å². The highest BCUT2D eigenvalue weighted by molar-refractivity contribution is 6.11. The number of rotatable bonds is 6. The Morgan fingerprint density at radius 3 is 2.37 bits per heavy atom. The maximum Gasteiger partial charge on any atom is 0.158 e. The van der Waals surface area contributed by atoms with Crippen LogP contribution in [0.25, 0.3) is 62.8 Å². The van der Waals surface area contributed by atoms with Gasteiger partial charge in [-0.3, -0.25) is 0 Å². The molecule has 68 heavy (non-hydrogen) atoms. The number of nitrogens with one attached hydrogen (secondary N) is 1. The zero-order valence-corrected chi connectivity index (χ0v) is 38.0. The summed E-state index contributed by atoms with van der Waals surface area (Å²) in [5.74, 6) is 2.01. The largest absolute Gasteiger partial charge is 0.348 e. The van der Waals surface area contributed by atoms with Crippen LogP contribution in [0.4, 0.5) is 0 Å². The lowest BCUT2D eigenvalue weighted by atomic mass is 9.81. The third-order valence-corrected chi connectivity index (χ3v) is 15.5. The summed E-state index contributed by atoms with van der Waals surface area (Å²) in [4.78, 5) is 11.0. The minimum atomic E-state index is -0.290. The highest BCUT2D eigenvalue weighted by Gasteiger charge is 2.34. The van der Waals surface area contributed by atoms with Crippen molar-refractivity contribution >= 4 is 57.7 Å². The number of benzene rings is 5. The molecule has 0 amide bonds. The molecule has 0 saturated heterocycles. The van der Waals surface area contributed by atoms with Gasteiger partial charge in [-0.25, -0.2) is 9.98 Å². The molecule has 1 N–H and O–H groups in total. The average molecular weight is 878 g/mol. The van der Waals surface area contributed by atoms with Gasteiger partial charge in [-0.05, 0) is 143 Å². The average Bonchev–Trinajstić information content (AvgIpc) is 3.92. The highest BCUT2D eigenvalue weighted by atomic mass is 15.2. The molecule has 4 unspecified atom stereocenters. The van der Waals surface area contributed by atoms with Crippen molar-refractivity contribution in [2.75, 3.05) is 0 Å². The zero-order valence-electron chi connectivity index (χ0n) is 38.0. The van der Waals surface area contributed by atoms with Crippen molar-refractivity contribution in [2.45, 2.75) is 57.2 Å². The lowest BCUT2D eigenvalue weighted by molar-refractivity contribution is 0.503. The lowest BCUT2D eigenvalue weighted by Gasteiger charge is -2.34. The second-order valence-corrected chi connectivity index (χ2v) is 19.4. The third kappa shape index (κ3) is 6.51. The quantitative estimate of drug-likeness (QED) is 0.178. The summed E-state index contributed by atoms with van der Waals surface area (Å²) in [6.07, 6.45) is 39.8. The first-order valence-corrected chi connectivity index (χ1v) is 24.7. The Bertz CT molecular complexity index is 3570. The molecule has 5 heteroatoms. The van der Waals surface area contributed by atoms with E-state index in [2.05, 4.69) is 209 Å². The van der Waals surface area contributed by atoms with Gasteiger partial charge < -0.3 is 14.5 Å². The minimum absolute atomic E-state index is 0.0275. The van der Waals surface area contributed by atoms with Crippen LogP contribution in [0.15, 0.2) is 191 Å². The summed E-state index contributed by atoms with van der Waals surface area (Å²) in [5, 5.41) is 7.71. The maximum atomic E-state index is 5.50. The molecule has 7 aromatic rings. The van der Waals surface area contributed by atoms with Crippen molar-refractivity contribution in [3.63, 3.8) is 0 Å². The number of nitrogens with zero attached hydrogens (tertiary/aromatic N) is 4. The predicted molar refractivity (Wildman–Crippen MR) is 283 cm³/mol. The van der Waals surface area contributed by atoms with Gasteiger partial charge in [-0.2, -0.15) is 0 Å². The van der Waals surface area contributed by atoms with Crippen molar-refractivity contribution in [1.82, 2.24) is 14.5 Å². The summed E-state index contributed by atoms with van der Waals surface area (Å²) in [7, 11) is 0. The number of aromatic nitrogens is 2. The molecule has 4 atom stereocenters. The van der Waals surface area contributed by atoms with E-state index in [-0.39, 0.29) is 24.0 Å². The summed E-state index contributed by atoms with van der Waals surface area (Å²) in [6, 6.07) is 40.4. The van der Waals surface area contributed by atoms with E-state index in [9.17, 15) is 0 Å². The zero-order chi connectivity index (χ0) is 44.7. The smallest absolute Gasteiger partial charge is 0.158 e. The second kappa shape index (κ2) is 16.0.